The summed E-state index contributed by atoms with van der Waals surface area (Å²) in [5.41, 5.74) is 1.74. The molecule has 0 amide bonds. The third-order valence-corrected chi connectivity index (χ3v) is 5.21. The van der Waals surface area contributed by atoms with E-state index in [-0.39, 0.29) is 6.04 Å². The van der Waals surface area contributed by atoms with Gasteiger partial charge in [-0.15, -0.1) is 10.2 Å². The molecule has 0 saturated carbocycles. The van der Waals surface area contributed by atoms with Gasteiger partial charge >= 0.3 is 0 Å². The largest absolute Gasteiger partial charge is 0.497 e. The number of likely N-dealkylation sites (tertiary alicyclic amines) is 1. The Kier molecular flexibility index (Phi) is 5.34. The maximum Gasteiger partial charge on any atom is 0.158 e. The molecule has 0 radical (unpaired) electrons. The van der Waals surface area contributed by atoms with E-state index in [1.807, 2.05) is 30.3 Å². The van der Waals surface area contributed by atoms with Crippen LogP contribution in [0.3, 0.4) is 0 Å². The van der Waals surface area contributed by atoms with Crippen LogP contribution in [0.1, 0.15) is 13.3 Å². The average Bonchev–Trinajstić information content (AvgIpc) is 2.73. The third-order valence-electron chi connectivity index (χ3n) is 5.21. The monoisotopic (exact) mass is 381 g/mol. The zero-order valence-corrected chi connectivity index (χ0v) is 16.1. The van der Waals surface area contributed by atoms with Crippen LogP contribution in [0.4, 0.5) is 10.2 Å². The predicted molar refractivity (Wildman–Crippen MR) is 108 cm³/mol. The number of ether oxygens (including phenoxy) is 1. The Balaban J connectivity index is 1.67. The fraction of sp³-hybridized carbons (Fsp3) is 0.381. The number of rotatable bonds is 5. The van der Waals surface area contributed by atoms with Crippen LogP contribution in [0.15, 0.2) is 42.7 Å². The van der Waals surface area contributed by atoms with Crippen LogP contribution in [0, 0.1) is 0 Å². The molecule has 1 aliphatic heterocycles. The molecule has 1 aromatic carbocycles. The number of alkyl halides is 1. The fourth-order valence-electron chi connectivity index (χ4n) is 3.75. The number of nitrogens with one attached hydrogen (secondary N) is 1. The van der Waals surface area contributed by atoms with E-state index in [9.17, 15) is 4.39 Å². The second kappa shape index (κ2) is 8.06. The Morgan fingerprint density at radius 2 is 1.96 bits per heavy atom. The van der Waals surface area contributed by atoms with Crippen molar-refractivity contribution in [2.24, 2.45) is 0 Å². The average molecular weight is 381 g/mol. The van der Waals surface area contributed by atoms with Crippen molar-refractivity contribution < 1.29 is 9.13 Å². The van der Waals surface area contributed by atoms with E-state index < -0.39 is 6.17 Å². The van der Waals surface area contributed by atoms with Gasteiger partial charge in [0.25, 0.3) is 0 Å². The van der Waals surface area contributed by atoms with Crippen molar-refractivity contribution >= 4 is 16.6 Å². The molecular weight excluding hydrogens is 357 g/mol. The van der Waals surface area contributed by atoms with Gasteiger partial charge in [-0.3, -0.25) is 9.88 Å². The summed E-state index contributed by atoms with van der Waals surface area (Å²) in [5, 5.41) is 14.1. The first-order valence-electron chi connectivity index (χ1n) is 9.55. The Morgan fingerprint density at radius 3 is 2.71 bits per heavy atom. The van der Waals surface area contributed by atoms with E-state index in [1.54, 1.807) is 19.5 Å². The molecule has 7 heteroatoms. The van der Waals surface area contributed by atoms with Gasteiger partial charge in [-0.1, -0.05) is 6.92 Å². The summed E-state index contributed by atoms with van der Waals surface area (Å²) in [5.74, 6) is 1.44. The summed E-state index contributed by atoms with van der Waals surface area (Å²) in [6.45, 7) is 4.18. The van der Waals surface area contributed by atoms with Crippen molar-refractivity contribution in [3.8, 4) is 17.0 Å². The molecule has 28 heavy (non-hydrogen) atoms. The van der Waals surface area contributed by atoms with E-state index in [2.05, 4.69) is 32.3 Å². The Labute approximate surface area is 163 Å². The van der Waals surface area contributed by atoms with Gasteiger partial charge < -0.3 is 10.1 Å². The molecule has 2 atom stereocenters. The highest BCUT2D eigenvalue weighted by atomic mass is 19.1. The Bertz CT molecular complexity index is 949. The minimum atomic E-state index is -0.831. The lowest BCUT2D eigenvalue weighted by Gasteiger charge is -2.34. The summed E-state index contributed by atoms with van der Waals surface area (Å²) < 4.78 is 19.3. The highest BCUT2D eigenvalue weighted by Crippen LogP contribution is 2.31. The van der Waals surface area contributed by atoms with Crippen molar-refractivity contribution in [2.45, 2.75) is 25.6 Å². The summed E-state index contributed by atoms with van der Waals surface area (Å²) in [7, 11) is 1.64. The number of anilines is 1. The number of hydrogen-bond donors (Lipinski definition) is 1. The maximum absolute atomic E-state index is 14.1. The van der Waals surface area contributed by atoms with E-state index in [4.69, 9.17) is 4.74 Å². The van der Waals surface area contributed by atoms with Gasteiger partial charge in [-0.2, -0.15) is 0 Å². The molecule has 0 bridgehead atoms. The number of methoxy groups -OCH3 is 1. The molecule has 3 heterocycles. The van der Waals surface area contributed by atoms with Crippen molar-refractivity contribution in [1.82, 2.24) is 20.1 Å². The summed E-state index contributed by atoms with van der Waals surface area (Å²) in [4.78, 5) is 6.38. The maximum atomic E-state index is 14.1. The molecule has 2 aromatic heterocycles. The van der Waals surface area contributed by atoms with Crippen LogP contribution < -0.4 is 10.1 Å². The number of piperidine rings is 1. The van der Waals surface area contributed by atoms with Crippen LogP contribution >= 0.6 is 0 Å². The Hall–Kier alpha value is -2.80. The molecule has 0 unspecified atom stereocenters. The quantitative estimate of drug-likeness (QED) is 0.729. The van der Waals surface area contributed by atoms with Crippen LogP contribution in [-0.2, 0) is 0 Å². The first-order chi connectivity index (χ1) is 13.7. The molecule has 1 saturated heterocycles. The van der Waals surface area contributed by atoms with Crippen molar-refractivity contribution in [2.75, 3.05) is 32.1 Å². The zero-order valence-electron chi connectivity index (χ0n) is 16.1. The number of fused-ring (bicyclic) bond motifs is 1. The lowest BCUT2D eigenvalue weighted by molar-refractivity contribution is 0.134. The predicted octanol–water partition coefficient (Wildman–Crippen LogP) is 3.54. The summed E-state index contributed by atoms with van der Waals surface area (Å²) >= 11 is 0. The number of likely N-dealkylation sites (N-methyl/N-ethyl adjacent to an activating group) is 1. The Morgan fingerprint density at radius 1 is 1.14 bits per heavy atom. The summed E-state index contributed by atoms with van der Waals surface area (Å²) in [6, 6.07) is 9.66. The second-order valence-electron chi connectivity index (χ2n) is 7.07. The lowest BCUT2D eigenvalue weighted by Crippen LogP contribution is -2.47. The standard InChI is InChI=1S/C21H24FN5O/c1-3-27-12-15(22)10-16(13-27)24-21-19-11-23-9-8-18(19)20(25-26-21)14-4-6-17(28-2)7-5-14/h4-9,11,15-16H,3,10,12-13H2,1-2H3,(H,24,26)/t15-,16-/m1/s1. The van der Waals surface area contributed by atoms with Crippen LogP contribution in [-0.4, -0.2) is 59.0 Å². The first-order valence-corrected chi connectivity index (χ1v) is 9.55. The minimum Gasteiger partial charge on any atom is -0.497 e. The number of halogens is 1. The van der Waals surface area contributed by atoms with Crippen molar-refractivity contribution in [3.05, 3.63) is 42.7 Å². The van der Waals surface area contributed by atoms with E-state index >= 15 is 0 Å². The highest BCUT2D eigenvalue weighted by molar-refractivity contribution is 5.99. The van der Waals surface area contributed by atoms with E-state index in [1.165, 1.54) is 0 Å². The molecule has 3 aromatic rings. The molecule has 1 aliphatic rings. The van der Waals surface area contributed by atoms with E-state index in [0.29, 0.717) is 18.8 Å². The first kappa shape index (κ1) is 18.6. The van der Waals surface area contributed by atoms with Crippen molar-refractivity contribution in [3.63, 3.8) is 0 Å². The third kappa shape index (κ3) is 3.75. The van der Waals surface area contributed by atoms with Crippen LogP contribution in [0.25, 0.3) is 22.0 Å². The molecule has 0 spiro atoms. The number of nitrogens with zero attached hydrogens (tertiary/aromatic N) is 4. The fourth-order valence-corrected chi connectivity index (χ4v) is 3.75. The van der Waals surface area contributed by atoms with Gasteiger partial charge in [-0.05, 0) is 36.9 Å². The smallest absolute Gasteiger partial charge is 0.158 e. The molecule has 0 aliphatic carbocycles. The normalized spacial score (nSPS) is 20.2. The zero-order chi connectivity index (χ0) is 19.5. The molecule has 4 rings (SSSR count). The molecule has 146 valence electrons. The molecular formula is C21H24FN5O. The van der Waals surface area contributed by atoms with Gasteiger partial charge in [0.2, 0.25) is 0 Å². The van der Waals surface area contributed by atoms with Gasteiger partial charge in [-0.25, -0.2) is 4.39 Å². The lowest BCUT2D eigenvalue weighted by atomic mass is 10.0. The van der Waals surface area contributed by atoms with Crippen molar-refractivity contribution in [1.29, 1.82) is 0 Å². The topological polar surface area (TPSA) is 63.2 Å². The molecule has 1 N–H and O–H groups in total. The molecule has 6 nitrogen and oxygen atoms in total. The van der Waals surface area contributed by atoms with Gasteiger partial charge in [0, 0.05) is 54.3 Å². The highest BCUT2D eigenvalue weighted by Gasteiger charge is 2.27. The van der Waals surface area contributed by atoms with Crippen LogP contribution in [0.2, 0.25) is 0 Å². The number of pyridine rings is 1. The second-order valence-corrected chi connectivity index (χ2v) is 7.07. The summed E-state index contributed by atoms with van der Waals surface area (Å²) in [6.07, 6.45) is 3.17. The molecule has 1 fully saturated rings. The van der Waals surface area contributed by atoms with Crippen LogP contribution in [0.5, 0.6) is 5.75 Å². The van der Waals surface area contributed by atoms with Gasteiger partial charge in [0.1, 0.15) is 17.6 Å². The van der Waals surface area contributed by atoms with Gasteiger partial charge in [0.05, 0.1) is 7.11 Å². The number of hydrogen-bond acceptors (Lipinski definition) is 6. The minimum absolute atomic E-state index is 0.00626. The van der Waals surface area contributed by atoms with Gasteiger partial charge in [0.15, 0.2) is 5.82 Å². The van der Waals surface area contributed by atoms with E-state index in [0.717, 1.165) is 40.9 Å². The number of aromatic nitrogens is 3. The SMILES string of the molecule is CCN1C[C@H](F)C[C@@H](Nc2nnc(-c3ccc(OC)cc3)c3ccncc23)C1. The number of benzene rings is 1.